The monoisotopic (exact) mass is 127 g/mol. The lowest BCUT2D eigenvalue weighted by Crippen LogP contribution is -1.75. The first kappa shape index (κ1) is 5.68. The molecule has 1 aliphatic rings. The maximum absolute atomic E-state index is 8.68. The molecule has 0 unspecified atom stereocenters. The summed E-state index contributed by atoms with van der Waals surface area (Å²) in [6, 6.07) is 0. The van der Waals surface area contributed by atoms with Crippen molar-refractivity contribution in [2.24, 2.45) is 4.99 Å². The lowest BCUT2D eigenvalue weighted by atomic mass is 10.5. The summed E-state index contributed by atoms with van der Waals surface area (Å²) in [5, 5.41) is 17.3. The highest BCUT2D eigenvalue weighted by Gasteiger charge is 1.94. The number of rotatable bonds is 0. The van der Waals surface area contributed by atoms with Crippen LogP contribution in [0.5, 0.6) is 0 Å². The number of aliphatic hydroxyl groups excluding tert-OH is 2. The quantitative estimate of drug-likeness (QED) is 0.507. The van der Waals surface area contributed by atoms with Crippen LogP contribution in [0.2, 0.25) is 0 Å². The highest BCUT2D eigenvalue weighted by Crippen LogP contribution is 2.00. The molecule has 0 aliphatic carbocycles. The van der Waals surface area contributed by atoms with Crippen molar-refractivity contribution in [1.82, 2.24) is 0 Å². The van der Waals surface area contributed by atoms with Gasteiger partial charge in [-0.2, -0.15) is 4.99 Å². The number of aliphatic imine (C=N–C) groups is 1. The van der Waals surface area contributed by atoms with E-state index < -0.39 is 0 Å². The molecule has 9 heavy (non-hydrogen) atoms. The summed E-state index contributed by atoms with van der Waals surface area (Å²) in [5.41, 5.74) is 0. The van der Waals surface area contributed by atoms with E-state index in [0.29, 0.717) is 0 Å². The Morgan fingerprint density at radius 1 is 1.44 bits per heavy atom. The first-order chi connectivity index (χ1) is 4.29. The molecule has 0 radical (unpaired) electrons. The number of allylic oxidation sites excluding steroid dienone is 1. The fourth-order valence-corrected chi connectivity index (χ4v) is 0.388. The van der Waals surface area contributed by atoms with E-state index in [-0.39, 0.29) is 11.6 Å². The maximum atomic E-state index is 8.68. The maximum Gasteiger partial charge on any atom is 0.217 e. The van der Waals surface area contributed by atoms with Crippen molar-refractivity contribution in [3.8, 4) is 0 Å². The number of aliphatic hydroxyl groups is 2. The smallest absolute Gasteiger partial charge is 0.217 e. The van der Waals surface area contributed by atoms with E-state index in [1.54, 1.807) is 0 Å². The summed E-state index contributed by atoms with van der Waals surface area (Å²) >= 11 is 0. The Morgan fingerprint density at radius 2 is 2.22 bits per heavy atom. The normalized spacial score (nSPS) is 17.3. The largest absolute Gasteiger partial charge is 0.505 e. The van der Waals surface area contributed by atoms with Crippen molar-refractivity contribution >= 4 is 6.40 Å². The van der Waals surface area contributed by atoms with E-state index in [0.717, 1.165) is 18.7 Å². The average Bonchev–Trinajstić information content (AvgIpc) is 1.93. The minimum Gasteiger partial charge on any atom is -0.505 e. The lowest BCUT2D eigenvalue weighted by Gasteiger charge is -1.84. The van der Waals surface area contributed by atoms with E-state index in [1.807, 2.05) is 0 Å². The van der Waals surface area contributed by atoms with Crippen LogP contribution in [0.4, 0.5) is 0 Å². The van der Waals surface area contributed by atoms with E-state index in [2.05, 4.69) is 9.73 Å². The zero-order chi connectivity index (χ0) is 6.69. The van der Waals surface area contributed by atoms with Gasteiger partial charge in [-0.05, 0) is 0 Å². The fourth-order valence-electron chi connectivity index (χ4n) is 0.388. The standard InChI is InChI=1S/C5H5NO3/c7-4-1-5(8)6-3-9-2-4/h1-3,7-8H. The Bertz CT molecular complexity index is 192. The van der Waals surface area contributed by atoms with Crippen LogP contribution >= 0.6 is 0 Å². The molecule has 0 saturated heterocycles. The van der Waals surface area contributed by atoms with Gasteiger partial charge in [-0.3, -0.25) is 0 Å². The van der Waals surface area contributed by atoms with Gasteiger partial charge in [0.2, 0.25) is 5.88 Å². The van der Waals surface area contributed by atoms with Crippen molar-refractivity contribution in [2.75, 3.05) is 0 Å². The first-order valence-electron chi connectivity index (χ1n) is 2.27. The second kappa shape index (κ2) is 2.21. The topological polar surface area (TPSA) is 62.0 Å². The van der Waals surface area contributed by atoms with Crippen LogP contribution in [0.1, 0.15) is 0 Å². The number of nitrogens with zero attached hydrogens (tertiary/aromatic N) is 1. The summed E-state index contributed by atoms with van der Waals surface area (Å²) in [6.07, 6.45) is 3.16. The molecule has 2 N–H and O–H groups in total. The van der Waals surface area contributed by atoms with Crippen LogP contribution in [0, 0.1) is 0 Å². The van der Waals surface area contributed by atoms with E-state index in [4.69, 9.17) is 10.2 Å². The zero-order valence-electron chi connectivity index (χ0n) is 4.48. The van der Waals surface area contributed by atoms with E-state index in [9.17, 15) is 0 Å². The predicted octanol–water partition coefficient (Wildman–Crippen LogP) is 0.844. The van der Waals surface area contributed by atoms with Gasteiger partial charge in [-0.1, -0.05) is 0 Å². The van der Waals surface area contributed by atoms with Crippen molar-refractivity contribution < 1.29 is 14.9 Å². The molecule has 0 spiro atoms. The predicted molar refractivity (Wildman–Crippen MR) is 31.0 cm³/mol. The molecule has 0 aromatic heterocycles. The first-order valence-corrected chi connectivity index (χ1v) is 2.27. The van der Waals surface area contributed by atoms with Gasteiger partial charge in [0.15, 0.2) is 12.2 Å². The minimum atomic E-state index is -0.277. The van der Waals surface area contributed by atoms with Crippen LogP contribution in [-0.2, 0) is 4.74 Å². The molecule has 4 heteroatoms. The third-order valence-electron chi connectivity index (χ3n) is 0.712. The molecule has 0 bridgehead atoms. The Kier molecular flexibility index (Phi) is 1.40. The van der Waals surface area contributed by atoms with Gasteiger partial charge in [0.05, 0.1) is 0 Å². The summed E-state index contributed by atoms with van der Waals surface area (Å²) in [4.78, 5) is 3.33. The molecule has 1 aliphatic heterocycles. The molecule has 0 amide bonds. The van der Waals surface area contributed by atoms with Crippen molar-refractivity contribution in [3.05, 3.63) is 24.0 Å². The Labute approximate surface area is 51.4 Å². The second-order valence-electron chi connectivity index (χ2n) is 1.42. The molecule has 0 fully saturated rings. The summed E-state index contributed by atoms with van der Waals surface area (Å²) in [6.45, 7) is 0. The zero-order valence-corrected chi connectivity index (χ0v) is 4.48. The Hall–Kier alpha value is -1.45. The number of ether oxygens (including phenoxy) is 1. The van der Waals surface area contributed by atoms with Gasteiger partial charge in [-0.25, -0.2) is 0 Å². The SMILES string of the molecule is OC1=COC=NC(O)=C1. The van der Waals surface area contributed by atoms with Crippen LogP contribution in [0.15, 0.2) is 29.0 Å². The van der Waals surface area contributed by atoms with Crippen LogP contribution < -0.4 is 0 Å². The van der Waals surface area contributed by atoms with E-state index in [1.165, 1.54) is 0 Å². The molecule has 1 rings (SSSR count). The molecular weight excluding hydrogens is 122 g/mol. The minimum absolute atomic E-state index is 0.162. The molecule has 0 saturated carbocycles. The molecule has 0 aromatic rings. The van der Waals surface area contributed by atoms with Crippen LogP contribution in [-0.4, -0.2) is 16.6 Å². The summed E-state index contributed by atoms with van der Waals surface area (Å²) < 4.78 is 4.46. The van der Waals surface area contributed by atoms with Crippen molar-refractivity contribution in [3.63, 3.8) is 0 Å². The van der Waals surface area contributed by atoms with Gasteiger partial charge in [0, 0.05) is 6.08 Å². The van der Waals surface area contributed by atoms with Crippen LogP contribution in [0.25, 0.3) is 0 Å². The van der Waals surface area contributed by atoms with Gasteiger partial charge in [0.25, 0.3) is 0 Å². The lowest BCUT2D eigenvalue weighted by molar-refractivity contribution is 0.381. The van der Waals surface area contributed by atoms with Gasteiger partial charge < -0.3 is 14.9 Å². The summed E-state index contributed by atoms with van der Waals surface area (Å²) in [5.74, 6) is -0.439. The van der Waals surface area contributed by atoms with Gasteiger partial charge in [0.1, 0.15) is 6.26 Å². The molecule has 0 atom stereocenters. The van der Waals surface area contributed by atoms with Gasteiger partial charge >= 0.3 is 0 Å². The Balaban J connectivity index is 2.82. The molecular formula is C5H5NO3. The third kappa shape index (κ3) is 1.49. The van der Waals surface area contributed by atoms with E-state index >= 15 is 0 Å². The van der Waals surface area contributed by atoms with Crippen molar-refractivity contribution in [1.29, 1.82) is 0 Å². The van der Waals surface area contributed by atoms with Gasteiger partial charge in [-0.15, -0.1) is 0 Å². The summed E-state index contributed by atoms with van der Waals surface area (Å²) in [7, 11) is 0. The average molecular weight is 127 g/mol. The highest BCUT2D eigenvalue weighted by atomic mass is 16.5. The fraction of sp³-hybridized carbons (Fsp3) is 0. The molecule has 0 aromatic carbocycles. The number of hydrogen-bond acceptors (Lipinski definition) is 4. The molecule has 4 nitrogen and oxygen atoms in total. The number of hydrogen-bond donors (Lipinski definition) is 2. The Morgan fingerprint density at radius 3 is 3.00 bits per heavy atom. The molecule has 48 valence electrons. The third-order valence-corrected chi connectivity index (χ3v) is 0.712. The molecule has 1 heterocycles. The van der Waals surface area contributed by atoms with Crippen LogP contribution in [0.3, 0.4) is 0 Å². The second-order valence-corrected chi connectivity index (χ2v) is 1.42. The van der Waals surface area contributed by atoms with Crippen molar-refractivity contribution in [2.45, 2.75) is 0 Å². The highest BCUT2D eigenvalue weighted by molar-refractivity contribution is 5.50.